The molecule has 0 bridgehead atoms. The molecule has 0 radical (unpaired) electrons. The Hall–Kier alpha value is -3.32. The zero-order valence-electron chi connectivity index (χ0n) is 23.5. The maximum Gasteiger partial charge on any atom is 0.329 e. The SMILES string of the molecule is CS(=O)(=O)O.Cn1c(=O)n([C@@H]2CCOC2)c2c3cc(-c4ccc(OCCCN5CCCCC5)nc4)ccc3ncc21. The smallest absolute Gasteiger partial charge is 0.329 e. The van der Waals surface area contributed by atoms with Crippen LogP contribution in [0.25, 0.3) is 33.1 Å². The molecule has 2 aliphatic rings. The summed E-state index contributed by atoms with van der Waals surface area (Å²) in [5.41, 5.74) is 4.64. The van der Waals surface area contributed by atoms with Crippen LogP contribution in [0.2, 0.25) is 0 Å². The number of fused-ring (bicyclic) bond motifs is 3. The largest absolute Gasteiger partial charge is 0.478 e. The fourth-order valence-electron chi connectivity index (χ4n) is 5.56. The molecular formula is C29H37N5O6S. The molecule has 4 aromatic rings. The fraction of sp³-hybridized carbons (Fsp3) is 0.483. The van der Waals surface area contributed by atoms with Gasteiger partial charge in [-0.05, 0) is 62.5 Å². The van der Waals surface area contributed by atoms with Gasteiger partial charge in [-0.1, -0.05) is 12.5 Å². The molecule has 2 fully saturated rings. The van der Waals surface area contributed by atoms with E-state index in [1.54, 1.807) is 10.8 Å². The van der Waals surface area contributed by atoms with Crippen LogP contribution in [0.15, 0.2) is 47.5 Å². The summed E-state index contributed by atoms with van der Waals surface area (Å²) in [6.45, 7) is 5.45. The Labute approximate surface area is 239 Å². The molecule has 2 aliphatic heterocycles. The van der Waals surface area contributed by atoms with E-state index in [1.165, 1.54) is 32.4 Å². The zero-order chi connectivity index (χ0) is 29.0. The molecule has 0 amide bonds. The predicted octanol–water partition coefficient (Wildman–Crippen LogP) is 3.67. The Kier molecular flexibility index (Phi) is 9.03. The molecule has 1 atom stereocenters. The number of piperidine rings is 1. The molecule has 0 saturated carbocycles. The standard InChI is InChI=1S/C28H33N5O3.CH4O3S/c1-31-25-18-29-24-8-6-20(16-23(24)27(25)33(28(31)34)22-10-15-35-19-22)21-7-9-26(30-17-21)36-14-5-13-32-11-3-2-4-12-32;1-5(2,3)4/h6-9,16-18,22H,2-5,10-15,19H2,1H3;1H3,(H,2,3,4)/t22-;/m1./s1. The summed E-state index contributed by atoms with van der Waals surface area (Å²) in [6, 6.07) is 10.2. The van der Waals surface area contributed by atoms with Crippen LogP contribution in [0.3, 0.4) is 0 Å². The number of imidazole rings is 1. The lowest BCUT2D eigenvalue weighted by molar-refractivity contribution is 0.186. The van der Waals surface area contributed by atoms with Gasteiger partial charge in [0.05, 0.1) is 48.3 Å². The number of aromatic nitrogens is 4. The van der Waals surface area contributed by atoms with Crippen molar-refractivity contribution in [3.05, 3.63) is 53.2 Å². The number of hydrogen-bond donors (Lipinski definition) is 1. The van der Waals surface area contributed by atoms with E-state index in [9.17, 15) is 13.2 Å². The molecule has 0 aliphatic carbocycles. The summed E-state index contributed by atoms with van der Waals surface area (Å²) in [6.07, 6.45) is 10.2. The van der Waals surface area contributed by atoms with Crippen LogP contribution in [0.4, 0.5) is 0 Å². The van der Waals surface area contributed by atoms with Gasteiger partial charge >= 0.3 is 5.69 Å². The minimum Gasteiger partial charge on any atom is -0.478 e. The maximum atomic E-state index is 13.1. The second-order valence-electron chi connectivity index (χ2n) is 10.7. The Balaban J connectivity index is 0.000000623. The molecule has 2 saturated heterocycles. The Morgan fingerprint density at radius 3 is 2.51 bits per heavy atom. The summed E-state index contributed by atoms with van der Waals surface area (Å²) in [7, 11) is -1.86. The Morgan fingerprint density at radius 2 is 1.83 bits per heavy atom. The Morgan fingerprint density at radius 1 is 1.07 bits per heavy atom. The van der Waals surface area contributed by atoms with Crippen LogP contribution in [-0.2, 0) is 21.9 Å². The fourth-order valence-corrected chi connectivity index (χ4v) is 5.56. The first-order chi connectivity index (χ1) is 19.7. The second kappa shape index (κ2) is 12.7. The maximum absolute atomic E-state index is 13.1. The van der Waals surface area contributed by atoms with Crippen molar-refractivity contribution in [2.24, 2.45) is 7.05 Å². The van der Waals surface area contributed by atoms with Crippen molar-refractivity contribution in [2.45, 2.75) is 38.1 Å². The molecule has 0 unspecified atom stereocenters. The molecule has 1 N–H and O–H groups in total. The van der Waals surface area contributed by atoms with Crippen LogP contribution < -0.4 is 10.4 Å². The highest BCUT2D eigenvalue weighted by Gasteiger charge is 2.25. The van der Waals surface area contributed by atoms with Gasteiger partial charge in [-0.15, -0.1) is 0 Å². The van der Waals surface area contributed by atoms with Crippen LogP contribution in [0.1, 0.15) is 38.1 Å². The number of nitrogens with zero attached hydrogens (tertiary/aromatic N) is 5. The minimum absolute atomic E-state index is 0.0244. The van der Waals surface area contributed by atoms with Gasteiger partial charge in [-0.2, -0.15) is 8.42 Å². The number of pyridine rings is 2. The van der Waals surface area contributed by atoms with E-state index in [2.05, 4.69) is 27.0 Å². The summed E-state index contributed by atoms with van der Waals surface area (Å²) in [5.74, 6) is 0.653. The number of rotatable bonds is 7. The first kappa shape index (κ1) is 29.2. The summed E-state index contributed by atoms with van der Waals surface area (Å²) >= 11 is 0. The van der Waals surface area contributed by atoms with Gasteiger partial charge in [0.1, 0.15) is 0 Å². The number of likely N-dealkylation sites (tertiary alicyclic amines) is 1. The summed E-state index contributed by atoms with van der Waals surface area (Å²) < 4.78 is 41.0. The number of hydrogen-bond acceptors (Lipinski definition) is 8. The molecule has 220 valence electrons. The lowest BCUT2D eigenvalue weighted by Crippen LogP contribution is -2.31. The van der Waals surface area contributed by atoms with Crippen molar-refractivity contribution in [1.82, 2.24) is 24.0 Å². The molecule has 12 heteroatoms. The van der Waals surface area contributed by atoms with Crippen molar-refractivity contribution >= 4 is 32.1 Å². The highest BCUT2D eigenvalue weighted by atomic mass is 32.2. The molecule has 6 rings (SSSR count). The van der Waals surface area contributed by atoms with E-state index >= 15 is 0 Å². The lowest BCUT2D eigenvalue weighted by Gasteiger charge is -2.26. The highest BCUT2D eigenvalue weighted by Crippen LogP contribution is 2.31. The van der Waals surface area contributed by atoms with Crippen LogP contribution in [-0.4, -0.2) is 82.7 Å². The molecule has 3 aromatic heterocycles. The number of ether oxygens (including phenoxy) is 2. The second-order valence-corrected chi connectivity index (χ2v) is 12.1. The third-order valence-electron chi connectivity index (χ3n) is 7.57. The van der Waals surface area contributed by atoms with Crippen molar-refractivity contribution in [1.29, 1.82) is 0 Å². The summed E-state index contributed by atoms with van der Waals surface area (Å²) in [5, 5.41) is 0.965. The topological polar surface area (TPSA) is 129 Å². The van der Waals surface area contributed by atoms with Gasteiger partial charge in [0.2, 0.25) is 5.88 Å². The lowest BCUT2D eigenvalue weighted by atomic mass is 10.0. The van der Waals surface area contributed by atoms with Crippen molar-refractivity contribution in [2.75, 3.05) is 45.7 Å². The average Bonchev–Trinajstić information content (AvgIpc) is 3.57. The highest BCUT2D eigenvalue weighted by molar-refractivity contribution is 7.85. The van der Waals surface area contributed by atoms with Crippen LogP contribution >= 0.6 is 0 Å². The van der Waals surface area contributed by atoms with E-state index in [-0.39, 0.29) is 11.7 Å². The molecule has 11 nitrogen and oxygen atoms in total. The molecule has 0 spiro atoms. The quantitative estimate of drug-likeness (QED) is 0.256. The molecule has 41 heavy (non-hydrogen) atoms. The van der Waals surface area contributed by atoms with E-state index in [4.69, 9.17) is 14.0 Å². The third kappa shape index (κ3) is 7.13. The monoisotopic (exact) mass is 583 g/mol. The van der Waals surface area contributed by atoms with E-state index in [0.29, 0.717) is 32.0 Å². The minimum atomic E-state index is -3.67. The zero-order valence-corrected chi connectivity index (χ0v) is 24.3. The number of benzene rings is 1. The van der Waals surface area contributed by atoms with Gasteiger partial charge < -0.3 is 14.4 Å². The normalized spacial score (nSPS) is 18.0. The van der Waals surface area contributed by atoms with Crippen molar-refractivity contribution < 1.29 is 22.4 Å². The van der Waals surface area contributed by atoms with Gasteiger partial charge in [0.15, 0.2) is 0 Å². The van der Waals surface area contributed by atoms with Crippen LogP contribution in [0, 0.1) is 0 Å². The van der Waals surface area contributed by atoms with Gasteiger partial charge in [0, 0.05) is 43.4 Å². The first-order valence-corrected chi connectivity index (χ1v) is 15.9. The third-order valence-corrected chi connectivity index (χ3v) is 7.57. The van der Waals surface area contributed by atoms with Crippen molar-refractivity contribution in [3.63, 3.8) is 0 Å². The van der Waals surface area contributed by atoms with Gasteiger partial charge in [0.25, 0.3) is 10.1 Å². The van der Waals surface area contributed by atoms with Crippen LogP contribution in [0.5, 0.6) is 5.88 Å². The Bertz CT molecular complexity index is 1650. The van der Waals surface area contributed by atoms with Gasteiger partial charge in [-0.25, -0.2) is 9.78 Å². The molecular weight excluding hydrogens is 546 g/mol. The van der Waals surface area contributed by atoms with Crippen molar-refractivity contribution in [3.8, 4) is 17.0 Å². The number of aryl methyl sites for hydroxylation is 1. The molecule has 1 aromatic carbocycles. The first-order valence-electron chi connectivity index (χ1n) is 14.0. The van der Waals surface area contributed by atoms with Gasteiger partial charge in [-0.3, -0.25) is 18.7 Å². The summed E-state index contributed by atoms with van der Waals surface area (Å²) in [4.78, 5) is 24.8. The van der Waals surface area contributed by atoms with E-state index in [1.807, 2.05) is 36.0 Å². The average molecular weight is 584 g/mol. The van der Waals surface area contributed by atoms with E-state index in [0.717, 1.165) is 52.4 Å². The predicted molar refractivity (Wildman–Crippen MR) is 158 cm³/mol. The molecule has 5 heterocycles. The van der Waals surface area contributed by atoms with E-state index < -0.39 is 10.1 Å².